The van der Waals surface area contributed by atoms with Crippen molar-refractivity contribution in [2.45, 2.75) is 13.3 Å². The van der Waals surface area contributed by atoms with Gasteiger partial charge in [0.15, 0.2) is 0 Å². The number of hydrogen-bond donors (Lipinski definition) is 1. The topological polar surface area (TPSA) is 54.5 Å². The number of aryl methyl sites for hydroxylation is 1. The molecule has 0 saturated carbocycles. The molecule has 0 saturated heterocycles. The van der Waals surface area contributed by atoms with Crippen molar-refractivity contribution in [3.63, 3.8) is 0 Å². The number of amides is 1. The molecule has 0 aliphatic rings. The summed E-state index contributed by atoms with van der Waals surface area (Å²) in [7, 11) is 5.67. The average molecular weight is 301 g/mol. The smallest absolute Gasteiger partial charge is 0.253 e. The van der Waals surface area contributed by atoms with Crippen molar-refractivity contribution in [3.8, 4) is 5.75 Å². The van der Waals surface area contributed by atoms with Gasteiger partial charge in [0.25, 0.3) is 5.91 Å². The zero-order valence-corrected chi connectivity index (χ0v) is 13.6. The van der Waals surface area contributed by atoms with Gasteiger partial charge in [0.05, 0.1) is 23.9 Å². The molecule has 0 fully saturated rings. The fourth-order valence-electron chi connectivity index (χ4n) is 2.29. The van der Waals surface area contributed by atoms with Gasteiger partial charge in [-0.3, -0.25) is 9.78 Å². The predicted octanol–water partition coefficient (Wildman–Crippen LogP) is 2.23. The first-order chi connectivity index (χ1) is 10.5. The quantitative estimate of drug-likeness (QED) is 0.831. The van der Waals surface area contributed by atoms with Gasteiger partial charge in [-0.2, -0.15) is 0 Å². The molecule has 5 nitrogen and oxygen atoms in total. The molecule has 1 N–H and O–H groups in total. The third-order valence-corrected chi connectivity index (χ3v) is 3.53. The molecule has 22 heavy (non-hydrogen) atoms. The zero-order valence-electron chi connectivity index (χ0n) is 13.6. The number of benzene rings is 1. The summed E-state index contributed by atoms with van der Waals surface area (Å²) < 4.78 is 5.20. The molecular formula is C17H23N3O2. The maximum atomic E-state index is 12.3. The van der Waals surface area contributed by atoms with Crippen molar-refractivity contribution < 1.29 is 9.53 Å². The van der Waals surface area contributed by atoms with E-state index < -0.39 is 0 Å². The first kappa shape index (κ1) is 16.2. The number of pyridine rings is 1. The lowest BCUT2D eigenvalue weighted by Crippen LogP contribution is -2.27. The number of carbonyl (C=O) groups is 1. The number of aromatic nitrogens is 1. The summed E-state index contributed by atoms with van der Waals surface area (Å²) in [4.78, 5) is 18.9. The van der Waals surface area contributed by atoms with Gasteiger partial charge >= 0.3 is 0 Å². The van der Waals surface area contributed by atoms with E-state index in [9.17, 15) is 4.79 Å². The highest BCUT2D eigenvalue weighted by molar-refractivity contribution is 5.98. The van der Waals surface area contributed by atoms with Gasteiger partial charge in [-0.25, -0.2) is 0 Å². The second-order valence-corrected chi connectivity index (χ2v) is 5.59. The van der Waals surface area contributed by atoms with Crippen LogP contribution in [0.1, 0.15) is 22.5 Å². The van der Waals surface area contributed by atoms with E-state index in [1.807, 2.05) is 45.3 Å². The largest absolute Gasteiger partial charge is 0.497 e. The molecule has 0 unspecified atom stereocenters. The Balaban J connectivity index is 2.13. The second kappa shape index (κ2) is 7.22. The number of nitrogens with zero attached hydrogens (tertiary/aromatic N) is 2. The van der Waals surface area contributed by atoms with E-state index in [0.29, 0.717) is 12.1 Å². The Hall–Kier alpha value is -2.14. The van der Waals surface area contributed by atoms with Crippen molar-refractivity contribution in [2.24, 2.45) is 0 Å². The van der Waals surface area contributed by atoms with Crippen LogP contribution in [0.4, 0.5) is 0 Å². The third kappa shape index (κ3) is 3.95. The highest BCUT2D eigenvalue weighted by atomic mass is 16.5. The zero-order chi connectivity index (χ0) is 16.1. The average Bonchev–Trinajstić information content (AvgIpc) is 2.49. The maximum Gasteiger partial charge on any atom is 0.253 e. The van der Waals surface area contributed by atoms with Crippen molar-refractivity contribution in [3.05, 3.63) is 35.5 Å². The first-order valence-corrected chi connectivity index (χ1v) is 7.39. The molecule has 0 aliphatic carbocycles. The Labute approximate surface area is 131 Å². The van der Waals surface area contributed by atoms with Gasteiger partial charge < -0.3 is 15.0 Å². The highest BCUT2D eigenvalue weighted by Gasteiger charge is 2.11. The van der Waals surface area contributed by atoms with Crippen LogP contribution in [0.15, 0.2) is 24.3 Å². The molecule has 5 heteroatoms. The van der Waals surface area contributed by atoms with E-state index in [2.05, 4.69) is 15.2 Å². The molecule has 1 amide bonds. The number of methoxy groups -OCH3 is 1. The molecule has 0 aliphatic heterocycles. The Morgan fingerprint density at radius 3 is 2.77 bits per heavy atom. The fraction of sp³-hybridized carbons (Fsp3) is 0.412. The molecule has 0 bridgehead atoms. The molecule has 1 aromatic heterocycles. The number of nitrogens with one attached hydrogen (secondary N) is 1. The monoisotopic (exact) mass is 301 g/mol. The van der Waals surface area contributed by atoms with E-state index in [1.165, 1.54) is 0 Å². The maximum absolute atomic E-state index is 12.3. The minimum absolute atomic E-state index is 0.0681. The third-order valence-electron chi connectivity index (χ3n) is 3.53. The summed E-state index contributed by atoms with van der Waals surface area (Å²) in [5.74, 6) is 0.696. The SMILES string of the molecule is COc1ccc2cc(C(=O)NCCCN(C)C)c(C)nc2c1. The predicted molar refractivity (Wildman–Crippen MR) is 88.5 cm³/mol. The minimum atomic E-state index is -0.0681. The van der Waals surface area contributed by atoms with Crippen LogP contribution in [0.5, 0.6) is 5.75 Å². The lowest BCUT2D eigenvalue weighted by atomic mass is 10.1. The van der Waals surface area contributed by atoms with Crippen molar-refractivity contribution in [1.29, 1.82) is 0 Å². The van der Waals surface area contributed by atoms with E-state index in [-0.39, 0.29) is 5.91 Å². The van der Waals surface area contributed by atoms with Gasteiger partial charge in [0.1, 0.15) is 5.75 Å². The number of carbonyl (C=O) groups excluding carboxylic acids is 1. The van der Waals surface area contributed by atoms with Crippen LogP contribution in [-0.2, 0) is 0 Å². The molecule has 0 radical (unpaired) electrons. The normalized spacial score (nSPS) is 11.0. The van der Waals surface area contributed by atoms with Gasteiger partial charge in [-0.05, 0) is 52.2 Å². The van der Waals surface area contributed by atoms with Gasteiger partial charge in [-0.15, -0.1) is 0 Å². The van der Waals surface area contributed by atoms with Crippen LogP contribution in [0, 0.1) is 6.92 Å². The standard InChI is InChI=1S/C17H23N3O2/c1-12-15(17(21)18-8-5-9-20(2)3)10-13-6-7-14(22-4)11-16(13)19-12/h6-7,10-11H,5,8-9H2,1-4H3,(H,18,21). The first-order valence-electron chi connectivity index (χ1n) is 7.39. The molecule has 2 aromatic rings. The van der Waals surface area contributed by atoms with Crippen LogP contribution in [0.25, 0.3) is 10.9 Å². The summed E-state index contributed by atoms with van der Waals surface area (Å²) in [5.41, 5.74) is 2.19. The van der Waals surface area contributed by atoms with Crippen LogP contribution in [0.2, 0.25) is 0 Å². The van der Waals surface area contributed by atoms with Crippen LogP contribution >= 0.6 is 0 Å². The molecule has 0 spiro atoms. The Morgan fingerprint density at radius 1 is 1.32 bits per heavy atom. The summed E-state index contributed by atoms with van der Waals surface area (Å²) >= 11 is 0. The summed E-state index contributed by atoms with van der Waals surface area (Å²) in [6.07, 6.45) is 0.927. The van der Waals surface area contributed by atoms with E-state index in [1.54, 1.807) is 7.11 Å². The van der Waals surface area contributed by atoms with Gasteiger partial charge in [0, 0.05) is 18.0 Å². The minimum Gasteiger partial charge on any atom is -0.497 e. The van der Waals surface area contributed by atoms with E-state index >= 15 is 0 Å². The Kier molecular flexibility index (Phi) is 5.33. The summed E-state index contributed by atoms with van der Waals surface area (Å²) in [6, 6.07) is 7.56. The molecule has 118 valence electrons. The highest BCUT2D eigenvalue weighted by Crippen LogP contribution is 2.21. The van der Waals surface area contributed by atoms with Crippen molar-refractivity contribution in [1.82, 2.24) is 15.2 Å². The van der Waals surface area contributed by atoms with E-state index in [4.69, 9.17) is 4.74 Å². The molecule has 1 aromatic carbocycles. The molecular weight excluding hydrogens is 278 g/mol. The number of hydrogen-bond acceptors (Lipinski definition) is 4. The van der Waals surface area contributed by atoms with Crippen molar-refractivity contribution in [2.75, 3.05) is 34.3 Å². The van der Waals surface area contributed by atoms with Crippen LogP contribution < -0.4 is 10.1 Å². The summed E-state index contributed by atoms with van der Waals surface area (Å²) in [6.45, 7) is 3.47. The molecule has 1 heterocycles. The number of rotatable bonds is 6. The summed E-state index contributed by atoms with van der Waals surface area (Å²) in [5, 5.41) is 3.89. The second-order valence-electron chi connectivity index (χ2n) is 5.59. The van der Waals surface area contributed by atoms with Crippen molar-refractivity contribution >= 4 is 16.8 Å². The van der Waals surface area contributed by atoms with Gasteiger partial charge in [0.2, 0.25) is 0 Å². The van der Waals surface area contributed by atoms with Gasteiger partial charge in [-0.1, -0.05) is 0 Å². The molecule has 2 rings (SSSR count). The number of fused-ring (bicyclic) bond motifs is 1. The number of ether oxygens (including phenoxy) is 1. The van der Waals surface area contributed by atoms with E-state index in [0.717, 1.165) is 35.3 Å². The lowest BCUT2D eigenvalue weighted by Gasteiger charge is -2.11. The Morgan fingerprint density at radius 2 is 2.09 bits per heavy atom. The van der Waals surface area contributed by atoms with Crippen LogP contribution in [-0.4, -0.2) is 50.1 Å². The fourth-order valence-corrected chi connectivity index (χ4v) is 2.29. The van der Waals surface area contributed by atoms with Crippen LogP contribution in [0.3, 0.4) is 0 Å². The Bertz CT molecular complexity index is 668. The lowest BCUT2D eigenvalue weighted by molar-refractivity contribution is 0.0951. The molecule has 0 atom stereocenters.